The van der Waals surface area contributed by atoms with Crippen LogP contribution >= 0.6 is 0 Å². The maximum absolute atomic E-state index is 8.92. The van der Waals surface area contributed by atoms with Crippen molar-refractivity contribution < 1.29 is 5.21 Å². The van der Waals surface area contributed by atoms with E-state index in [1.165, 1.54) is 0 Å². The highest BCUT2D eigenvalue weighted by atomic mass is 16.4. The number of nitrogens with two attached hydrogens (primary N) is 1. The molecule has 0 spiro atoms. The highest BCUT2D eigenvalue weighted by molar-refractivity contribution is 5.85. The van der Waals surface area contributed by atoms with Crippen LogP contribution in [0.4, 0.5) is 0 Å². The summed E-state index contributed by atoms with van der Waals surface area (Å²) in [5.41, 5.74) is 5.82. The molecular weight excluding hydrogens is 268 g/mol. The smallest absolute Gasteiger partial charge is 0.156 e. The number of nitrogens with zero attached hydrogens (tertiary/aromatic N) is 5. The number of piperazine rings is 1. The number of hydrogen-bond donors (Lipinski definition) is 2. The molecule has 1 aromatic heterocycles. The summed E-state index contributed by atoms with van der Waals surface area (Å²) < 4.78 is 0. The Morgan fingerprint density at radius 3 is 2.57 bits per heavy atom. The third-order valence-electron chi connectivity index (χ3n) is 3.85. The third-order valence-corrected chi connectivity index (χ3v) is 3.85. The van der Waals surface area contributed by atoms with Crippen molar-refractivity contribution in [2.24, 2.45) is 10.9 Å². The fourth-order valence-corrected chi connectivity index (χ4v) is 2.70. The molecule has 1 aliphatic heterocycles. The van der Waals surface area contributed by atoms with Crippen LogP contribution in [0.5, 0.6) is 0 Å². The van der Waals surface area contributed by atoms with Gasteiger partial charge in [0.15, 0.2) is 5.84 Å². The van der Waals surface area contributed by atoms with Crippen molar-refractivity contribution in [3.05, 3.63) is 24.3 Å². The number of amidine groups is 1. The van der Waals surface area contributed by atoms with E-state index in [9.17, 15) is 0 Å². The van der Waals surface area contributed by atoms with Crippen molar-refractivity contribution in [2.45, 2.75) is 32.4 Å². The molecule has 0 aromatic carbocycles. The zero-order chi connectivity index (χ0) is 15.1. The largest absolute Gasteiger partial charge is 0.409 e. The minimum atomic E-state index is 0.0372. The van der Waals surface area contributed by atoms with E-state index in [1.54, 1.807) is 12.4 Å². The second-order valence-electron chi connectivity index (χ2n) is 5.31. The van der Waals surface area contributed by atoms with Crippen LogP contribution in [0.2, 0.25) is 0 Å². The summed E-state index contributed by atoms with van der Waals surface area (Å²) in [6.45, 7) is 6.59. The van der Waals surface area contributed by atoms with Gasteiger partial charge in [0.1, 0.15) is 5.82 Å². The molecule has 0 bridgehead atoms. The van der Waals surface area contributed by atoms with E-state index in [1.807, 2.05) is 6.07 Å². The minimum Gasteiger partial charge on any atom is -0.409 e. The fourth-order valence-electron chi connectivity index (χ4n) is 2.70. The summed E-state index contributed by atoms with van der Waals surface area (Å²) >= 11 is 0. The van der Waals surface area contributed by atoms with Gasteiger partial charge in [-0.15, -0.1) is 0 Å². The molecule has 0 radical (unpaired) electrons. The Hall–Kier alpha value is -1.73. The molecule has 1 aromatic rings. The minimum absolute atomic E-state index is 0.0372. The Labute approximate surface area is 125 Å². The lowest BCUT2D eigenvalue weighted by Crippen LogP contribution is -2.54. The maximum atomic E-state index is 8.92. The van der Waals surface area contributed by atoms with E-state index in [0.29, 0.717) is 5.84 Å². The summed E-state index contributed by atoms with van der Waals surface area (Å²) in [6, 6.07) is 1.86. The summed E-state index contributed by atoms with van der Waals surface area (Å²) in [5.74, 6) is 1.17. The highest BCUT2D eigenvalue weighted by Crippen LogP contribution is 2.12. The van der Waals surface area contributed by atoms with Crippen molar-refractivity contribution in [1.82, 2.24) is 19.8 Å². The Balaban J connectivity index is 1.87. The molecule has 1 atom stereocenters. The van der Waals surface area contributed by atoms with Gasteiger partial charge in [-0.3, -0.25) is 9.80 Å². The van der Waals surface area contributed by atoms with Gasteiger partial charge in [0.05, 0.1) is 12.6 Å². The lowest BCUT2D eigenvalue weighted by atomic mass is 10.1. The van der Waals surface area contributed by atoms with Crippen LogP contribution in [0.3, 0.4) is 0 Å². The number of aromatic nitrogens is 2. The van der Waals surface area contributed by atoms with Crippen LogP contribution in [-0.2, 0) is 6.54 Å². The highest BCUT2D eigenvalue weighted by Gasteiger charge is 2.26. The molecule has 1 fully saturated rings. The first kappa shape index (κ1) is 15.7. The van der Waals surface area contributed by atoms with Gasteiger partial charge in [-0.25, -0.2) is 9.97 Å². The van der Waals surface area contributed by atoms with Gasteiger partial charge >= 0.3 is 0 Å². The van der Waals surface area contributed by atoms with Crippen molar-refractivity contribution in [1.29, 1.82) is 0 Å². The third kappa shape index (κ3) is 4.37. The van der Waals surface area contributed by atoms with Crippen LogP contribution in [0.25, 0.3) is 0 Å². The molecule has 116 valence electrons. The summed E-state index contributed by atoms with van der Waals surface area (Å²) in [7, 11) is 0. The van der Waals surface area contributed by atoms with Gasteiger partial charge in [-0.2, -0.15) is 0 Å². The SMILES string of the molecule is CCCC(C(N)=NO)N1CCN(Cc2ncccn2)CC1. The Kier molecular flexibility index (Phi) is 5.89. The van der Waals surface area contributed by atoms with Crippen LogP contribution in [0.1, 0.15) is 25.6 Å². The maximum Gasteiger partial charge on any atom is 0.156 e. The van der Waals surface area contributed by atoms with Crippen LogP contribution in [0.15, 0.2) is 23.6 Å². The van der Waals surface area contributed by atoms with E-state index in [4.69, 9.17) is 10.9 Å². The second kappa shape index (κ2) is 7.90. The van der Waals surface area contributed by atoms with Crippen molar-refractivity contribution >= 4 is 5.84 Å². The summed E-state index contributed by atoms with van der Waals surface area (Å²) in [6.07, 6.45) is 5.47. The van der Waals surface area contributed by atoms with Gasteiger partial charge in [0, 0.05) is 38.6 Å². The second-order valence-corrected chi connectivity index (χ2v) is 5.31. The normalized spacial score (nSPS) is 19.6. The quantitative estimate of drug-likeness (QED) is 0.343. The van der Waals surface area contributed by atoms with Crippen molar-refractivity contribution in [2.75, 3.05) is 26.2 Å². The predicted molar refractivity (Wildman–Crippen MR) is 81.0 cm³/mol. The monoisotopic (exact) mass is 292 g/mol. The molecule has 2 rings (SSSR count). The first-order chi connectivity index (χ1) is 10.2. The van der Waals surface area contributed by atoms with E-state index >= 15 is 0 Å². The lowest BCUT2D eigenvalue weighted by molar-refractivity contribution is 0.106. The van der Waals surface area contributed by atoms with Crippen molar-refractivity contribution in [3.8, 4) is 0 Å². The van der Waals surface area contributed by atoms with Crippen LogP contribution in [0, 0.1) is 0 Å². The van der Waals surface area contributed by atoms with Gasteiger partial charge in [0.2, 0.25) is 0 Å². The molecule has 7 heteroatoms. The van der Waals surface area contributed by atoms with Crippen LogP contribution < -0.4 is 5.73 Å². The zero-order valence-corrected chi connectivity index (χ0v) is 12.5. The molecule has 0 aliphatic carbocycles. The molecule has 0 saturated carbocycles. The topological polar surface area (TPSA) is 90.9 Å². The first-order valence-corrected chi connectivity index (χ1v) is 7.44. The van der Waals surface area contributed by atoms with E-state index in [-0.39, 0.29) is 6.04 Å². The molecule has 21 heavy (non-hydrogen) atoms. The van der Waals surface area contributed by atoms with E-state index in [0.717, 1.165) is 51.4 Å². The van der Waals surface area contributed by atoms with E-state index in [2.05, 4.69) is 31.8 Å². The molecule has 1 aliphatic rings. The standard InChI is InChI=1S/C14H24N6O/c1-2-4-12(14(15)18-21)20-9-7-19(8-10-20)11-13-16-5-3-6-17-13/h3,5-6,12,21H,2,4,7-11H2,1H3,(H2,15,18). The molecule has 2 heterocycles. The molecular formula is C14H24N6O. The number of hydrogen-bond acceptors (Lipinski definition) is 6. The Bertz CT molecular complexity index is 444. The molecule has 0 amide bonds. The molecule has 3 N–H and O–H groups in total. The van der Waals surface area contributed by atoms with Gasteiger partial charge in [-0.1, -0.05) is 18.5 Å². The average molecular weight is 292 g/mol. The van der Waals surface area contributed by atoms with Crippen molar-refractivity contribution in [3.63, 3.8) is 0 Å². The lowest BCUT2D eigenvalue weighted by Gasteiger charge is -2.38. The average Bonchev–Trinajstić information content (AvgIpc) is 2.54. The van der Waals surface area contributed by atoms with Gasteiger partial charge in [-0.05, 0) is 12.5 Å². The molecule has 1 saturated heterocycles. The van der Waals surface area contributed by atoms with Crippen LogP contribution in [-0.4, -0.2) is 63.0 Å². The summed E-state index contributed by atoms with van der Waals surface area (Å²) in [5, 5.41) is 12.1. The zero-order valence-electron chi connectivity index (χ0n) is 12.5. The molecule has 1 unspecified atom stereocenters. The number of oxime groups is 1. The fraction of sp³-hybridized carbons (Fsp3) is 0.643. The first-order valence-electron chi connectivity index (χ1n) is 7.44. The van der Waals surface area contributed by atoms with Gasteiger partial charge < -0.3 is 10.9 Å². The van der Waals surface area contributed by atoms with Gasteiger partial charge in [0.25, 0.3) is 0 Å². The molecule has 7 nitrogen and oxygen atoms in total. The summed E-state index contributed by atoms with van der Waals surface area (Å²) in [4.78, 5) is 13.1. The number of rotatable bonds is 6. The van der Waals surface area contributed by atoms with E-state index < -0.39 is 0 Å². The Morgan fingerprint density at radius 2 is 2.00 bits per heavy atom. The predicted octanol–water partition coefficient (Wildman–Crippen LogP) is 0.509. The Morgan fingerprint density at radius 1 is 1.33 bits per heavy atom.